The van der Waals surface area contributed by atoms with E-state index >= 15 is 0 Å². The molecule has 0 radical (unpaired) electrons. The highest BCUT2D eigenvalue weighted by Crippen LogP contribution is 2.29. The Morgan fingerprint density at radius 3 is 2.33 bits per heavy atom. The summed E-state index contributed by atoms with van der Waals surface area (Å²) in [6.45, 7) is 4.85. The molecule has 1 aliphatic heterocycles. The minimum absolute atomic E-state index is 0.0165. The fourth-order valence-electron chi connectivity index (χ4n) is 2.66. The number of nitriles is 1. The summed E-state index contributed by atoms with van der Waals surface area (Å²) in [4.78, 5) is 12.5. The van der Waals surface area contributed by atoms with E-state index in [1.807, 2.05) is 6.07 Å². The number of unbranched alkanes of at least 4 members (excludes halogenated alkanes) is 3. The Morgan fingerprint density at radius 2 is 1.74 bits per heavy atom. The van der Waals surface area contributed by atoms with Gasteiger partial charge in [-0.25, -0.2) is 4.79 Å². The molecule has 1 heterocycles. The van der Waals surface area contributed by atoms with E-state index < -0.39 is 11.4 Å². The first-order valence-corrected chi connectivity index (χ1v) is 9.73. The van der Waals surface area contributed by atoms with E-state index in [1.54, 1.807) is 24.3 Å². The average Bonchev–Trinajstić information content (AvgIpc) is 2.70. The molecule has 6 nitrogen and oxygen atoms in total. The zero-order valence-electron chi connectivity index (χ0n) is 16.2. The molecular weight excluding hydrogens is 346 g/mol. The Hall–Kier alpha value is -2.10. The van der Waals surface area contributed by atoms with Crippen LogP contribution in [0.2, 0.25) is 0 Å². The SMILES string of the molecule is CCCCC[C@H]1OC[C@@](C#N)(C(=O)Oc2ccc(OCCCC)cc2)CO1. The van der Waals surface area contributed by atoms with E-state index in [1.165, 1.54) is 0 Å². The second-order valence-electron chi connectivity index (χ2n) is 6.80. The highest BCUT2D eigenvalue weighted by atomic mass is 16.7. The number of carbonyl (C=O) groups is 1. The maximum atomic E-state index is 12.5. The molecule has 1 aromatic rings. The van der Waals surface area contributed by atoms with Crippen molar-refractivity contribution >= 4 is 5.97 Å². The number of carbonyl (C=O) groups excluding carboxylic acids is 1. The first-order valence-electron chi connectivity index (χ1n) is 9.73. The fourth-order valence-corrected chi connectivity index (χ4v) is 2.66. The van der Waals surface area contributed by atoms with Crippen molar-refractivity contribution in [1.82, 2.24) is 0 Å². The Kier molecular flexibility index (Phi) is 8.56. The largest absolute Gasteiger partial charge is 0.494 e. The minimum atomic E-state index is -1.43. The lowest BCUT2D eigenvalue weighted by Crippen LogP contribution is -2.48. The topological polar surface area (TPSA) is 77.8 Å². The van der Waals surface area contributed by atoms with Gasteiger partial charge in [0.25, 0.3) is 0 Å². The third-order valence-corrected chi connectivity index (χ3v) is 4.48. The quantitative estimate of drug-likeness (QED) is 0.346. The van der Waals surface area contributed by atoms with Crippen molar-refractivity contribution in [1.29, 1.82) is 5.26 Å². The lowest BCUT2D eigenvalue weighted by molar-refractivity contribution is -0.223. The van der Waals surface area contributed by atoms with Gasteiger partial charge in [0.1, 0.15) is 11.5 Å². The minimum Gasteiger partial charge on any atom is -0.494 e. The van der Waals surface area contributed by atoms with E-state index in [9.17, 15) is 10.1 Å². The van der Waals surface area contributed by atoms with Crippen molar-refractivity contribution in [3.63, 3.8) is 0 Å². The molecule has 0 spiro atoms. The first-order chi connectivity index (χ1) is 13.1. The van der Waals surface area contributed by atoms with Crippen LogP contribution >= 0.6 is 0 Å². The van der Waals surface area contributed by atoms with Crippen LogP contribution in [0.25, 0.3) is 0 Å². The van der Waals surface area contributed by atoms with E-state index in [0.29, 0.717) is 12.4 Å². The van der Waals surface area contributed by atoms with Gasteiger partial charge in [-0.2, -0.15) is 5.26 Å². The molecule has 0 N–H and O–H groups in total. The van der Waals surface area contributed by atoms with Crippen molar-refractivity contribution in [2.24, 2.45) is 5.41 Å². The van der Waals surface area contributed by atoms with E-state index in [4.69, 9.17) is 18.9 Å². The van der Waals surface area contributed by atoms with Crippen molar-refractivity contribution in [3.8, 4) is 17.6 Å². The van der Waals surface area contributed by atoms with Gasteiger partial charge in [-0.15, -0.1) is 0 Å². The summed E-state index contributed by atoms with van der Waals surface area (Å²) >= 11 is 0. The van der Waals surface area contributed by atoms with Crippen molar-refractivity contribution in [2.45, 2.75) is 58.7 Å². The molecule has 0 amide bonds. The monoisotopic (exact) mass is 375 g/mol. The first kappa shape index (κ1) is 21.2. The number of rotatable bonds is 10. The molecule has 1 fully saturated rings. The highest BCUT2D eigenvalue weighted by Gasteiger charge is 2.46. The maximum absolute atomic E-state index is 12.5. The summed E-state index contributed by atoms with van der Waals surface area (Å²) < 4.78 is 22.2. The van der Waals surface area contributed by atoms with Crippen LogP contribution in [0, 0.1) is 16.7 Å². The second-order valence-corrected chi connectivity index (χ2v) is 6.80. The summed E-state index contributed by atoms with van der Waals surface area (Å²) in [6.07, 6.45) is 5.68. The predicted molar refractivity (Wildman–Crippen MR) is 100 cm³/mol. The third kappa shape index (κ3) is 6.23. The number of ether oxygens (including phenoxy) is 4. The summed E-state index contributed by atoms with van der Waals surface area (Å²) in [5.41, 5.74) is -1.43. The number of nitrogens with zero attached hydrogens (tertiary/aromatic N) is 1. The molecule has 1 saturated heterocycles. The van der Waals surface area contributed by atoms with Crippen LogP contribution in [0.15, 0.2) is 24.3 Å². The van der Waals surface area contributed by atoms with Crippen LogP contribution in [0.3, 0.4) is 0 Å². The molecule has 0 saturated carbocycles. The van der Waals surface area contributed by atoms with E-state index in [-0.39, 0.29) is 19.5 Å². The zero-order chi connectivity index (χ0) is 19.5. The predicted octanol–water partition coefficient (Wildman–Crippen LogP) is 4.23. The van der Waals surface area contributed by atoms with Crippen molar-refractivity contribution in [3.05, 3.63) is 24.3 Å². The molecule has 0 atom stereocenters. The summed E-state index contributed by atoms with van der Waals surface area (Å²) in [5, 5.41) is 9.52. The second kappa shape index (κ2) is 10.9. The summed E-state index contributed by atoms with van der Waals surface area (Å²) in [5.74, 6) is 0.427. The number of esters is 1. The van der Waals surface area contributed by atoms with Crippen molar-refractivity contribution in [2.75, 3.05) is 19.8 Å². The highest BCUT2D eigenvalue weighted by molar-refractivity contribution is 5.82. The lowest BCUT2D eigenvalue weighted by atomic mass is 9.91. The normalized spacial score (nSPS) is 22.0. The van der Waals surface area contributed by atoms with Crippen molar-refractivity contribution < 1.29 is 23.7 Å². The lowest BCUT2D eigenvalue weighted by Gasteiger charge is -2.33. The smallest absolute Gasteiger partial charge is 0.336 e. The molecule has 27 heavy (non-hydrogen) atoms. The number of hydrogen-bond acceptors (Lipinski definition) is 6. The molecule has 148 valence electrons. The number of benzene rings is 1. The number of hydrogen-bond donors (Lipinski definition) is 0. The molecule has 0 aliphatic carbocycles. The van der Waals surface area contributed by atoms with Gasteiger partial charge in [0, 0.05) is 0 Å². The summed E-state index contributed by atoms with van der Waals surface area (Å²) in [6, 6.07) is 8.82. The van der Waals surface area contributed by atoms with Gasteiger partial charge >= 0.3 is 5.97 Å². The summed E-state index contributed by atoms with van der Waals surface area (Å²) in [7, 11) is 0. The van der Waals surface area contributed by atoms with Crippen LogP contribution in [0.5, 0.6) is 11.5 Å². The van der Waals surface area contributed by atoms with Gasteiger partial charge in [-0.1, -0.05) is 33.1 Å². The van der Waals surface area contributed by atoms with Crippen LogP contribution in [0.1, 0.15) is 52.4 Å². The van der Waals surface area contributed by atoms with Crippen LogP contribution in [-0.4, -0.2) is 32.1 Å². The standard InChI is InChI=1S/C21H29NO5/c1-3-5-7-8-19-25-15-21(14-22,16-26-19)20(23)27-18-11-9-17(10-12-18)24-13-6-4-2/h9-12,19H,3-8,13,15-16H2,1-2H3/t19-,21+. The third-order valence-electron chi connectivity index (χ3n) is 4.48. The molecule has 0 unspecified atom stereocenters. The Balaban J connectivity index is 1.87. The Morgan fingerprint density at radius 1 is 1.11 bits per heavy atom. The average molecular weight is 375 g/mol. The van der Waals surface area contributed by atoms with Gasteiger partial charge in [0.05, 0.1) is 25.9 Å². The van der Waals surface area contributed by atoms with E-state index in [2.05, 4.69) is 13.8 Å². The van der Waals surface area contributed by atoms with Gasteiger partial charge in [0.15, 0.2) is 6.29 Å². The Labute approximate surface area is 161 Å². The maximum Gasteiger partial charge on any atom is 0.336 e. The molecule has 0 bridgehead atoms. The molecule has 0 aromatic heterocycles. The van der Waals surface area contributed by atoms with Gasteiger partial charge in [0.2, 0.25) is 5.41 Å². The fraction of sp³-hybridized carbons (Fsp3) is 0.619. The van der Waals surface area contributed by atoms with Crippen LogP contribution in [0.4, 0.5) is 0 Å². The molecule has 1 aliphatic rings. The van der Waals surface area contributed by atoms with Crippen LogP contribution in [-0.2, 0) is 14.3 Å². The van der Waals surface area contributed by atoms with E-state index in [0.717, 1.165) is 44.3 Å². The van der Waals surface area contributed by atoms with Gasteiger partial charge in [-0.05, 0) is 43.5 Å². The molecule has 2 rings (SSSR count). The Bertz CT molecular complexity index is 614. The van der Waals surface area contributed by atoms with Crippen LogP contribution < -0.4 is 9.47 Å². The van der Waals surface area contributed by atoms with Gasteiger partial charge in [-0.3, -0.25) is 0 Å². The van der Waals surface area contributed by atoms with Gasteiger partial charge < -0.3 is 18.9 Å². The zero-order valence-corrected chi connectivity index (χ0v) is 16.2. The molecular formula is C21H29NO5. The molecule has 6 heteroatoms. The molecule has 1 aromatic carbocycles.